The lowest BCUT2D eigenvalue weighted by Crippen LogP contribution is -2.47. The number of fused-ring (bicyclic) bond motifs is 1. The minimum atomic E-state index is -4.95. The summed E-state index contributed by atoms with van der Waals surface area (Å²) in [4.78, 5) is 36.8. The number of carbonyl (C=O) groups is 3. The number of anilines is 1. The average Bonchev–Trinajstić information content (AvgIpc) is 3.00. The molecule has 2 N–H and O–H groups in total. The molecule has 2 heterocycles. The number of halogens is 3. The monoisotopic (exact) mass is 374 g/mol. The number of alkyl halides is 3. The number of thioether (sulfide) groups is 1. The number of carboxylic acid groups (broad SMARTS) is 1. The summed E-state index contributed by atoms with van der Waals surface area (Å²) in [6, 6.07) is 4.47. The normalized spacial score (nSPS) is 23.2. The third-order valence-corrected chi connectivity index (χ3v) is 5.44. The maximum absolute atomic E-state index is 13.2. The van der Waals surface area contributed by atoms with Gasteiger partial charge in [-0.2, -0.15) is 13.2 Å². The Balaban J connectivity index is 1.84. The summed E-state index contributed by atoms with van der Waals surface area (Å²) in [5.74, 6) is -2.66. The average molecular weight is 374 g/mol. The molecule has 0 saturated carbocycles. The number of amides is 2. The molecule has 10 heteroatoms. The molecule has 2 aliphatic heterocycles. The third kappa shape index (κ3) is 2.94. The van der Waals surface area contributed by atoms with Crippen molar-refractivity contribution in [1.82, 2.24) is 4.90 Å². The van der Waals surface area contributed by atoms with E-state index in [9.17, 15) is 27.6 Å². The SMILES string of the molecule is O=C1CSc2ccc(C(=O)N3CCC(C(=O)O)(C(F)(F)F)C3)cc2N1. The molecule has 134 valence electrons. The van der Waals surface area contributed by atoms with Crippen LogP contribution < -0.4 is 5.32 Å². The number of carboxylic acids is 1. The van der Waals surface area contributed by atoms with Crippen LogP contribution in [0.1, 0.15) is 16.8 Å². The summed E-state index contributed by atoms with van der Waals surface area (Å²) in [5, 5.41) is 11.6. The molecule has 1 aromatic carbocycles. The van der Waals surface area contributed by atoms with Crippen LogP contribution in [0.5, 0.6) is 0 Å². The van der Waals surface area contributed by atoms with E-state index in [4.69, 9.17) is 5.11 Å². The predicted octanol–water partition coefficient (Wildman–Crippen LogP) is 2.21. The third-order valence-electron chi connectivity index (χ3n) is 4.37. The largest absolute Gasteiger partial charge is 0.481 e. The number of benzene rings is 1. The minimum Gasteiger partial charge on any atom is -0.481 e. The van der Waals surface area contributed by atoms with Gasteiger partial charge in [0.15, 0.2) is 5.41 Å². The molecule has 25 heavy (non-hydrogen) atoms. The fraction of sp³-hybridized carbons (Fsp3) is 0.400. The van der Waals surface area contributed by atoms with Gasteiger partial charge in [0.05, 0.1) is 11.4 Å². The van der Waals surface area contributed by atoms with Crippen molar-refractivity contribution in [1.29, 1.82) is 0 Å². The molecule has 0 aromatic heterocycles. The Bertz CT molecular complexity index is 768. The lowest BCUT2D eigenvalue weighted by Gasteiger charge is -2.27. The first-order valence-electron chi connectivity index (χ1n) is 7.30. The van der Waals surface area contributed by atoms with Gasteiger partial charge in [-0.25, -0.2) is 0 Å². The number of rotatable bonds is 2. The van der Waals surface area contributed by atoms with Crippen molar-refractivity contribution in [2.45, 2.75) is 17.5 Å². The number of carbonyl (C=O) groups excluding carboxylic acids is 2. The second-order valence-electron chi connectivity index (χ2n) is 5.91. The molecule has 0 aliphatic carbocycles. The Morgan fingerprint density at radius 1 is 1.32 bits per heavy atom. The lowest BCUT2D eigenvalue weighted by atomic mass is 9.86. The lowest BCUT2D eigenvalue weighted by molar-refractivity contribution is -0.227. The first-order chi connectivity index (χ1) is 11.6. The molecule has 1 atom stereocenters. The quantitative estimate of drug-likeness (QED) is 0.829. The Labute approximate surface area is 144 Å². The van der Waals surface area contributed by atoms with Crippen molar-refractivity contribution in [2.24, 2.45) is 5.41 Å². The zero-order valence-electron chi connectivity index (χ0n) is 12.7. The van der Waals surface area contributed by atoms with E-state index >= 15 is 0 Å². The first-order valence-corrected chi connectivity index (χ1v) is 8.29. The highest BCUT2D eigenvalue weighted by Crippen LogP contribution is 2.46. The smallest absolute Gasteiger partial charge is 0.406 e. The standard InChI is InChI=1S/C15H13F3N2O4S/c16-15(17,18)14(13(23)24)3-4-20(7-14)12(22)8-1-2-10-9(5-8)19-11(21)6-25-10/h1-2,5H,3-4,6-7H2,(H,19,21)(H,23,24). The van der Waals surface area contributed by atoms with E-state index in [-0.39, 0.29) is 23.8 Å². The maximum Gasteiger partial charge on any atom is 0.406 e. The number of hydrogen-bond donors (Lipinski definition) is 2. The second-order valence-corrected chi connectivity index (χ2v) is 6.93. The van der Waals surface area contributed by atoms with E-state index in [1.807, 2.05) is 0 Å². The molecule has 0 bridgehead atoms. The van der Waals surface area contributed by atoms with Gasteiger partial charge in [-0.15, -0.1) is 11.8 Å². The van der Waals surface area contributed by atoms with E-state index in [0.717, 1.165) is 9.80 Å². The van der Waals surface area contributed by atoms with Gasteiger partial charge in [-0.05, 0) is 24.6 Å². The Kier molecular flexibility index (Phi) is 4.18. The van der Waals surface area contributed by atoms with Crippen LogP contribution in [0, 0.1) is 5.41 Å². The van der Waals surface area contributed by atoms with Gasteiger partial charge >= 0.3 is 12.1 Å². The van der Waals surface area contributed by atoms with E-state index in [1.54, 1.807) is 6.07 Å². The van der Waals surface area contributed by atoms with Crippen LogP contribution in [0.15, 0.2) is 23.1 Å². The summed E-state index contributed by atoms with van der Waals surface area (Å²) in [7, 11) is 0. The number of hydrogen-bond acceptors (Lipinski definition) is 4. The van der Waals surface area contributed by atoms with Gasteiger partial charge in [0.2, 0.25) is 5.91 Å². The Morgan fingerprint density at radius 3 is 2.64 bits per heavy atom. The molecule has 0 spiro atoms. The summed E-state index contributed by atoms with van der Waals surface area (Å²) >= 11 is 1.29. The number of nitrogens with zero attached hydrogens (tertiary/aromatic N) is 1. The van der Waals surface area contributed by atoms with Crippen LogP contribution in [0.3, 0.4) is 0 Å². The van der Waals surface area contributed by atoms with Gasteiger partial charge in [0.25, 0.3) is 5.91 Å². The fourth-order valence-corrected chi connectivity index (χ4v) is 3.70. The van der Waals surface area contributed by atoms with Crippen molar-refractivity contribution in [3.8, 4) is 0 Å². The number of aliphatic carboxylic acids is 1. The van der Waals surface area contributed by atoms with Crippen LogP contribution in [0.2, 0.25) is 0 Å². The van der Waals surface area contributed by atoms with Crippen LogP contribution >= 0.6 is 11.8 Å². The number of likely N-dealkylation sites (tertiary alicyclic amines) is 1. The summed E-state index contributed by atoms with van der Waals surface area (Å²) in [6.07, 6.45) is -5.64. The summed E-state index contributed by atoms with van der Waals surface area (Å²) < 4.78 is 39.6. The van der Waals surface area contributed by atoms with Gasteiger partial charge in [0.1, 0.15) is 0 Å². The van der Waals surface area contributed by atoms with Crippen LogP contribution in [0.4, 0.5) is 18.9 Å². The van der Waals surface area contributed by atoms with Gasteiger partial charge in [-0.1, -0.05) is 0 Å². The summed E-state index contributed by atoms with van der Waals surface area (Å²) in [6.45, 7) is -1.23. The highest BCUT2D eigenvalue weighted by molar-refractivity contribution is 8.00. The molecule has 1 unspecified atom stereocenters. The molecule has 1 fully saturated rings. The molecule has 1 aromatic rings. The van der Waals surface area contributed by atoms with Gasteiger partial charge in [-0.3, -0.25) is 14.4 Å². The Hall–Kier alpha value is -2.23. The molecule has 1 saturated heterocycles. The van der Waals surface area contributed by atoms with Crippen molar-refractivity contribution in [2.75, 3.05) is 24.2 Å². The predicted molar refractivity (Wildman–Crippen MR) is 82.4 cm³/mol. The van der Waals surface area contributed by atoms with Crippen LogP contribution in [0.25, 0.3) is 0 Å². The minimum absolute atomic E-state index is 0.102. The molecule has 0 radical (unpaired) electrons. The molecular weight excluding hydrogens is 361 g/mol. The topological polar surface area (TPSA) is 86.7 Å². The second kappa shape index (κ2) is 5.94. The van der Waals surface area contributed by atoms with Crippen LogP contribution in [-0.2, 0) is 9.59 Å². The molecular formula is C15H13F3N2O4S. The molecule has 6 nitrogen and oxygen atoms in total. The van der Waals surface area contributed by atoms with Crippen molar-refractivity contribution >= 4 is 35.2 Å². The van der Waals surface area contributed by atoms with E-state index in [1.165, 1.54) is 23.9 Å². The first kappa shape index (κ1) is 17.6. The van der Waals surface area contributed by atoms with Crippen molar-refractivity contribution in [3.63, 3.8) is 0 Å². The van der Waals surface area contributed by atoms with Crippen LogP contribution in [-0.4, -0.2) is 52.8 Å². The zero-order chi connectivity index (χ0) is 18.4. The van der Waals surface area contributed by atoms with Crippen molar-refractivity contribution < 1.29 is 32.7 Å². The highest BCUT2D eigenvalue weighted by atomic mass is 32.2. The molecule has 2 amide bonds. The molecule has 3 rings (SSSR count). The van der Waals surface area contributed by atoms with E-state index < -0.39 is 36.4 Å². The van der Waals surface area contributed by atoms with E-state index in [2.05, 4.69) is 5.32 Å². The van der Waals surface area contributed by atoms with Crippen molar-refractivity contribution in [3.05, 3.63) is 23.8 Å². The molecule has 2 aliphatic rings. The zero-order valence-corrected chi connectivity index (χ0v) is 13.5. The number of nitrogens with one attached hydrogen (secondary N) is 1. The fourth-order valence-electron chi connectivity index (χ4n) is 2.91. The van der Waals surface area contributed by atoms with Gasteiger partial charge in [0, 0.05) is 23.5 Å². The maximum atomic E-state index is 13.2. The van der Waals surface area contributed by atoms with E-state index in [0.29, 0.717) is 5.69 Å². The Morgan fingerprint density at radius 2 is 2.04 bits per heavy atom. The van der Waals surface area contributed by atoms with Gasteiger partial charge < -0.3 is 15.3 Å². The summed E-state index contributed by atoms with van der Waals surface area (Å²) in [5.41, 5.74) is -2.42. The highest BCUT2D eigenvalue weighted by Gasteiger charge is 2.64.